The van der Waals surface area contributed by atoms with Gasteiger partial charge in [-0.1, -0.05) is 35.9 Å². The van der Waals surface area contributed by atoms with Crippen molar-refractivity contribution >= 4 is 34.3 Å². The van der Waals surface area contributed by atoms with Crippen molar-refractivity contribution in [2.45, 2.75) is 33.3 Å². The first-order valence-corrected chi connectivity index (χ1v) is 10.3. The molecule has 4 rings (SSSR count). The summed E-state index contributed by atoms with van der Waals surface area (Å²) in [6.45, 7) is 7.44. The molecule has 31 heavy (non-hydrogen) atoms. The number of hydrogen-bond donors (Lipinski definition) is 1. The molecule has 0 aliphatic heterocycles. The summed E-state index contributed by atoms with van der Waals surface area (Å²) in [6.07, 6.45) is 0. The van der Waals surface area contributed by atoms with Crippen molar-refractivity contribution < 1.29 is 13.9 Å². The number of para-hydroxylation sites is 1. The van der Waals surface area contributed by atoms with E-state index < -0.39 is 5.60 Å². The Morgan fingerprint density at radius 2 is 1.81 bits per heavy atom. The Morgan fingerprint density at radius 1 is 1.06 bits per heavy atom. The molecular formula is C25H23ClN2O3. The number of oxazole rings is 1. The zero-order chi connectivity index (χ0) is 22.2. The fourth-order valence-electron chi connectivity index (χ4n) is 3.37. The quantitative estimate of drug-likeness (QED) is 0.386. The highest BCUT2D eigenvalue weighted by Crippen LogP contribution is 2.34. The average Bonchev–Trinajstić information content (AvgIpc) is 3.14. The molecule has 5 nitrogen and oxygen atoms in total. The van der Waals surface area contributed by atoms with Gasteiger partial charge in [-0.15, -0.1) is 0 Å². The molecule has 3 aromatic carbocycles. The highest BCUT2D eigenvalue weighted by atomic mass is 35.5. The zero-order valence-corrected chi connectivity index (χ0v) is 18.6. The fraction of sp³-hybridized carbons (Fsp3) is 0.200. The topological polar surface area (TPSA) is 64.4 Å². The highest BCUT2D eigenvalue weighted by molar-refractivity contribution is 6.33. The predicted molar refractivity (Wildman–Crippen MR) is 124 cm³/mol. The third-order valence-corrected chi connectivity index (χ3v) is 5.27. The molecular weight excluding hydrogens is 412 g/mol. The van der Waals surface area contributed by atoms with Gasteiger partial charge in [-0.25, -0.2) is 4.98 Å². The third kappa shape index (κ3) is 4.42. The molecule has 0 aliphatic rings. The second-order valence-corrected chi connectivity index (χ2v) is 8.43. The maximum atomic E-state index is 12.9. The molecule has 1 N–H and O–H groups in total. The number of carbonyl (C=O) groups is 1. The fourth-order valence-corrected chi connectivity index (χ4v) is 3.57. The van der Waals surface area contributed by atoms with Gasteiger partial charge in [0.25, 0.3) is 5.91 Å². The third-order valence-electron chi connectivity index (χ3n) is 4.94. The summed E-state index contributed by atoms with van der Waals surface area (Å²) in [5.74, 6) is 0.745. The van der Waals surface area contributed by atoms with E-state index in [1.807, 2.05) is 56.3 Å². The summed E-state index contributed by atoms with van der Waals surface area (Å²) in [6, 6.07) is 18.5. The van der Waals surface area contributed by atoms with E-state index in [1.165, 1.54) is 0 Å². The average molecular weight is 435 g/mol. The van der Waals surface area contributed by atoms with Crippen LogP contribution in [0.25, 0.3) is 22.6 Å². The molecule has 0 saturated carbocycles. The van der Waals surface area contributed by atoms with Crippen molar-refractivity contribution in [1.29, 1.82) is 0 Å². The van der Waals surface area contributed by atoms with Gasteiger partial charge < -0.3 is 14.5 Å². The van der Waals surface area contributed by atoms with Crippen LogP contribution in [-0.2, 0) is 4.79 Å². The lowest BCUT2D eigenvalue weighted by atomic mass is 10.1. The number of halogens is 1. The van der Waals surface area contributed by atoms with Crippen LogP contribution in [0.5, 0.6) is 5.75 Å². The van der Waals surface area contributed by atoms with Gasteiger partial charge in [0.15, 0.2) is 11.2 Å². The first-order valence-electron chi connectivity index (χ1n) is 9.96. The molecule has 0 bridgehead atoms. The number of nitrogens with zero attached hydrogens (tertiary/aromatic N) is 1. The minimum absolute atomic E-state index is 0.284. The Labute approximate surface area is 186 Å². The van der Waals surface area contributed by atoms with E-state index in [-0.39, 0.29) is 5.91 Å². The summed E-state index contributed by atoms with van der Waals surface area (Å²) in [4.78, 5) is 17.5. The maximum Gasteiger partial charge on any atom is 0.267 e. The molecule has 0 aliphatic carbocycles. The van der Waals surface area contributed by atoms with Crippen LogP contribution < -0.4 is 10.1 Å². The highest BCUT2D eigenvalue weighted by Gasteiger charge is 2.30. The first kappa shape index (κ1) is 20.9. The van der Waals surface area contributed by atoms with E-state index in [0.717, 1.165) is 22.2 Å². The number of aromatic nitrogens is 1. The molecule has 6 heteroatoms. The summed E-state index contributed by atoms with van der Waals surface area (Å²) in [7, 11) is 0. The summed E-state index contributed by atoms with van der Waals surface area (Å²) in [5.41, 5.74) is 3.72. The number of benzene rings is 3. The van der Waals surface area contributed by atoms with Crippen molar-refractivity contribution in [2.24, 2.45) is 0 Å². The van der Waals surface area contributed by atoms with Gasteiger partial charge in [-0.3, -0.25) is 4.79 Å². The lowest BCUT2D eigenvalue weighted by Gasteiger charge is -2.25. The molecule has 0 spiro atoms. The van der Waals surface area contributed by atoms with Crippen LogP contribution in [0.3, 0.4) is 0 Å². The Hall–Kier alpha value is -3.31. The molecule has 1 amide bonds. The Kier molecular flexibility index (Phi) is 5.46. The second kappa shape index (κ2) is 8.08. The van der Waals surface area contributed by atoms with Crippen LogP contribution in [0, 0.1) is 13.8 Å². The molecule has 0 unspecified atom stereocenters. The Bertz CT molecular complexity index is 1260. The van der Waals surface area contributed by atoms with E-state index >= 15 is 0 Å². The minimum atomic E-state index is -1.08. The van der Waals surface area contributed by atoms with Crippen molar-refractivity contribution in [2.75, 3.05) is 5.32 Å². The number of carbonyl (C=O) groups excluding carboxylic acids is 1. The number of hydrogen-bond acceptors (Lipinski definition) is 4. The minimum Gasteiger partial charge on any atom is -0.478 e. The van der Waals surface area contributed by atoms with Crippen molar-refractivity contribution in [3.05, 3.63) is 76.8 Å². The van der Waals surface area contributed by atoms with Crippen LogP contribution in [0.4, 0.5) is 5.69 Å². The molecule has 0 saturated heterocycles. The van der Waals surface area contributed by atoms with Crippen molar-refractivity contribution in [3.63, 3.8) is 0 Å². The number of anilines is 1. The van der Waals surface area contributed by atoms with Crippen LogP contribution in [0.2, 0.25) is 5.02 Å². The number of nitrogens with one attached hydrogen (secondary N) is 1. The molecule has 158 valence electrons. The van der Waals surface area contributed by atoms with E-state index in [0.29, 0.717) is 27.9 Å². The van der Waals surface area contributed by atoms with Gasteiger partial charge in [0, 0.05) is 5.69 Å². The van der Waals surface area contributed by atoms with E-state index in [1.54, 1.807) is 32.0 Å². The monoisotopic (exact) mass is 434 g/mol. The van der Waals surface area contributed by atoms with Crippen LogP contribution in [0.1, 0.15) is 25.0 Å². The zero-order valence-electron chi connectivity index (χ0n) is 17.8. The van der Waals surface area contributed by atoms with Crippen LogP contribution in [-0.4, -0.2) is 16.5 Å². The maximum absolute atomic E-state index is 12.9. The predicted octanol–water partition coefficient (Wildman–Crippen LogP) is 6.56. The molecule has 1 heterocycles. The second-order valence-electron chi connectivity index (χ2n) is 8.02. The molecule has 4 aromatic rings. The number of ether oxygens (including phenoxy) is 1. The Morgan fingerprint density at radius 3 is 2.55 bits per heavy atom. The van der Waals surface area contributed by atoms with Gasteiger partial charge in [-0.2, -0.15) is 0 Å². The standard InChI is InChI=1S/C25H23ClN2O3/c1-15-12-16(2)22-21(13-15)28-23(30-22)19-14-17(10-11-20(19)26)27-24(29)25(3,4)31-18-8-6-5-7-9-18/h5-14H,1-4H3,(H,27,29). The first-order chi connectivity index (χ1) is 14.7. The Balaban J connectivity index is 1.61. The number of rotatable bonds is 5. The van der Waals surface area contributed by atoms with Gasteiger partial charge >= 0.3 is 0 Å². The molecule has 0 fully saturated rings. The van der Waals surface area contributed by atoms with Gasteiger partial charge in [0.05, 0.1) is 10.6 Å². The lowest BCUT2D eigenvalue weighted by molar-refractivity contribution is -0.128. The largest absolute Gasteiger partial charge is 0.478 e. The molecule has 0 radical (unpaired) electrons. The van der Waals surface area contributed by atoms with Crippen molar-refractivity contribution in [3.8, 4) is 17.2 Å². The molecule has 0 atom stereocenters. The smallest absolute Gasteiger partial charge is 0.267 e. The number of amides is 1. The normalized spacial score (nSPS) is 11.5. The SMILES string of the molecule is Cc1cc(C)c2oc(-c3cc(NC(=O)C(C)(C)Oc4ccccc4)ccc3Cl)nc2c1. The van der Waals surface area contributed by atoms with Gasteiger partial charge in [-0.05, 0) is 75.2 Å². The van der Waals surface area contributed by atoms with E-state index in [9.17, 15) is 4.79 Å². The summed E-state index contributed by atoms with van der Waals surface area (Å²) >= 11 is 6.43. The van der Waals surface area contributed by atoms with E-state index in [2.05, 4.69) is 10.3 Å². The summed E-state index contributed by atoms with van der Waals surface area (Å²) in [5, 5.41) is 3.39. The number of fused-ring (bicyclic) bond motifs is 1. The van der Waals surface area contributed by atoms with Crippen LogP contribution in [0.15, 0.2) is 65.1 Å². The number of aryl methyl sites for hydroxylation is 2. The molecule has 1 aromatic heterocycles. The van der Waals surface area contributed by atoms with Gasteiger partial charge in [0.2, 0.25) is 5.89 Å². The lowest BCUT2D eigenvalue weighted by Crippen LogP contribution is -2.42. The summed E-state index contributed by atoms with van der Waals surface area (Å²) < 4.78 is 11.9. The van der Waals surface area contributed by atoms with E-state index in [4.69, 9.17) is 20.8 Å². The van der Waals surface area contributed by atoms with Crippen LogP contribution >= 0.6 is 11.6 Å². The van der Waals surface area contributed by atoms with Crippen molar-refractivity contribution in [1.82, 2.24) is 4.98 Å². The van der Waals surface area contributed by atoms with Gasteiger partial charge in [0.1, 0.15) is 11.3 Å².